The van der Waals surface area contributed by atoms with Crippen molar-refractivity contribution in [3.63, 3.8) is 0 Å². The van der Waals surface area contributed by atoms with Crippen molar-refractivity contribution in [2.45, 2.75) is 32.9 Å². The Morgan fingerprint density at radius 3 is 2.38 bits per heavy atom. The summed E-state index contributed by atoms with van der Waals surface area (Å²) in [4.78, 5) is 2.44. The van der Waals surface area contributed by atoms with Gasteiger partial charge in [-0.25, -0.2) is 0 Å². The summed E-state index contributed by atoms with van der Waals surface area (Å²) >= 11 is 1.92. The van der Waals surface area contributed by atoms with Crippen LogP contribution >= 0.6 is 11.8 Å². The monoisotopic (exact) mass is 204 g/mol. The Hall–Kier alpha value is 0.270. The first-order valence-electron chi connectivity index (χ1n) is 5.05. The fourth-order valence-corrected chi connectivity index (χ4v) is 2.01. The SMILES string of the molecule is CCNCC(C)N(C)C(C)CSC. The molecule has 1 N–H and O–H groups in total. The molecule has 0 aromatic rings. The predicted octanol–water partition coefficient (Wildman–Crippen LogP) is 1.67. The Labute approximate surface area is 87.5 Å². The van der Waals surface area contributed by atoms with Crippen LogP contribution in [0.1, 0.15) is 20.8 Å². The van der Waals surface area contributed by atoms with Gasteiger partial charge in [0.2, 0.25) is 0 Å². The minimum atomic E-state index is 0.627. The molecule has 0 bridgehead atoms. The van der Waals surface area contributed by atoms with E-state index in [2.05, 4.69) is 44.3 Å². The molecule has 2 nitrogen and oxygen atoms in total. The number of nitrogens with one attached hydrogen (secondary N) is 1. The molecule has 0 aromatic heterocycles. The zero-order chi connectivity index (χ0) is 10.3. The highest BCUT2D eigenvalue weighted by Gasteiger charge is 2.14. The standard InChI is InChI=1S/C10H24N2S/c1-6-11-7-9(2)12(4)10(3)8-13-5/h9-11H,6-8H2,1-5H3. The number of nitrogens with zero attached hydrogens (tertiary/aromatic N) is 1. The van der Waals surface area contributed by atoms with Gasteiger partial charge >= 0.3 is 0 Å². The highest BCUT2D eigenvalue weighted by Crippen LogP contribution is 2.06. The van der Waals surface area contributed by atoms with Gasteiger partial charge in [0.15, 0.2) is 0 Å². The molecular formula is C10H24N2S. The lowest BCUT2D eigenvalue weighted by molar-refractivity contribution is 0.207. The fraction of sp³-hybridized carbons (Fsp3) is 1.00. The molecule has 0 spiro atoms. The van der Waals surface area contributed by atoms with Gasteiger partial charge in [0.05, 0.1) is 0 Å². The first-order chi connectivity index (χ1) is 6.13. The topological polar surface area (TPSA) is 15.3 Å². The molecule has 0 radical (unpaired) electrons. The molecule has 0 saturated heterocycles. The quantitative estimate of drug-likeness (QED) is 0.679. The second kappa shape index (κ2) is 7.65. The van der Waals surface area contributed by atoms with Crippen LogP contribution in [0.2, 0.25) is 0 Å². The zero-order valence-electron chi connectivity index (χ0n) is 9.63. The van der Waals surface area contributed by atoms with Crippen LogP contribution in [0.25, 0.3) is 0 Å². The lowest BCUT2D eigenvalue weighted by atomic mass is 10.2. The van der Waals surface area contributed by atoms with Crippen LogP contribution in [0.4, 0.5) is 0 Å². The Morgan fingerprint density at radius 1 is 1.31 bits per heavy atom. The molecule has 0 aliphatic heterocycles. The van der Waals surface area contributed by atoms with Crippen LogP contribution in [0.5, 0.6) is 0 Å². The van der Waals surface area contributed by atoms with Crippen LogP contribution in [0.15, 0.2) is 0 Å². The van der Waals surface area contributed by atoms with E-state index >= 15 is 0 Å². The summed E-state index contributed by atoms with van der Waals surface area (Å²) in [6, 6.07) is 1.30. The van der Waals surface area contributed by atoms with Crippen molar-refractivity contribution in [2.75, 3.05) is 32.1 Å². The summed E-state index contributed by atoms with van der Waals surface area (Å²) in [6.45, 7) is 8.87. The van der Waals surface area contributed by atoms with E-state index in [9.17, 15) is 0 Å². The number of hydrogen-bond acceptors (Lipinski definition) is 3. The Balaban J connectivity index is 3.71. The summed E-state index contributed by atoms with van der Waals surface area (Å²) in [5, 5.41) is 3.38. The van der Waals surface area contributed by atoms with Crippen molar-refractivity contribution in [2.24, 2.45) is 0 Å². The lowest BCUT2D eigenvalue weighted by Gasteiger charge is -2.30. The van der Waals surface area contributed by atoms with Gasteiger partial charge in [-0.2, -0.15) is 11.8 Å². The summed E-state index contributed by atoms with van der Waals surface area (Å²) in [5.41, 5.74) is 0. The maximum absolute atomic E-state index is 3.38. The average Bonchev–Trinajstić information content (AvgIpc) is 2.13. The summed E-state index contributed by atoms with van der Waals surface area (Å²) in [5.74, 6) is 1.22. The molecule has 0 aliphatic carbocycles. The molecule has 3 heteroatoms. The first kappa shape index (κ1) is 13.3. The van der Waals surface area contributed by atoms with E-state index in [1.807, 2.05) is 11.8 Å². The van der Waals surface area contributed by atoms with Crippen LogP contribution in [0.3, 0.4) is 0 Å². The minimum Gasteiger partial charge on any atom is -0.315 e. The van der Waals surface area contributed by atoms with E-state index in [0.29, 0.717) is 12.1 Å². The smallest absolute Gasteiger partial charge is 0.0192 e. The first-order valence-corrected chi connectivity index (χ1v) is 6.44. The van der Waals surface area contributed by atoms with Gasteiger partial charge in [-0.1, -0.05) is 6.92 Å². The van der Waals surface area contributed by atoms with Crippen LogP contribution in [0, 0.1) is 0 Å². The Bertz CT molecular complexity index is 119. The molecule has 2 atom stereocenters. The van der Waals surface area contributed by atoms with Crippen molar-refractivity contribution in [1.82, 2.24) is 10.2 Å². The predicted molar refractivity (Wildman–Crippen MR) is 63.6 cm³/mol. The van der Waals surface area contributed by atoms with Crippen LogP contribution in [-0.4, -0.2) is 49.1 Å². The molecule has 0 rings (SSSR count). The minimum absolute atomic E-state index is 0.627. The number of hydrogen-bond donors (Lipinski definition) is 1. The lowest BCUT2D eigenvalue weighted by Crippen LogP contribution is -2.43. The van der Waals surface area contributed by atoms with Gasteiger partial charge in [0, 0.05) is 24.4 Å². The van der Waals surface area contributed by atoms with Crippen molar-refractivity contribution in [3.05, 3.63) is 0 Å². The van der Waals surface area contributed by atoms with Crippen molar-refractivity contribution >= 4 is 11.8 Å². The van der Waals surface area contributed by atoms with Gasteiger partial charge in [-0.05, 0) is 33.7 Å². The third kappa shape index (κ3) is 5.55. The maximum atomic E-state index is 3.38. The molecule has 13 heavy (non-hydrogen) atoms. The molecule has 0 saturated carbocycles. The largest absolute Gasteiger partial charge is 0.315 e. The van der Waals surface area contributed by atoms with E-state index in [1.165, 1.54) is 5.75 Å². The third-order valence-electron chi connectivity index (χ3n) is 2.49. The zero-order valence-corrected chi connectivity index (χ0v) is 10.4. The number of rotatable bonds is 7. The highest BCUT2D eigenvalue weighted by atomic mass is 32.2. The molecule has 0 fully saturated rings. The number of thioether (sulfide) groups is 1. The normalized spacial score (nSPS) is 16.2. The molecular weight excluding hydrogens is 180 g/mol. The molecule has 2 unspecified atom stereocenters. The molecule has 0 amide bonds. The molecule has 0 aromatic carbocycles. The molecule has 80 valence electrons. The maximum Gasteiger partial charge on any atom is 0.0192 e. The van der Waals surface area contributed by atoms with E-state index < -0.39 is 0 Å². The van der Waals surface area contributed by atoms with Gasteiger partial charge in [-0.15, -0.1) is 0 Å². The third-order valence-corrected chi connectivity index (χ3v) is 3.30. The second-order valence-electron chi connectivity index (χ2n) is 3.63. The van der Waals surface area contributed by atoms with Crippen molar-refractivity contribution in [1.29, 1.82) is 0 Å². The van der Waals surface area contributed by atoms with E-state index in [0.717, 1.165) is 13.1 Å². The van der Waals surface area contributed by atoms with Crippen LogP contribution in [-0.2, 0) is 0 Å². The van der Waals surface area contributed by atoms with Crippen molar-refractivity contribution in [3.8, 4) is 0 Å². The van der Waals surface area contributed by atoms with E-state index in [1.54, 1.807) is 0 Å². The summed E-state index contributed by atoms with van der Waals surface area (Å²) in [6.07, 6.45) is 2.17. The van der Waals surface area contributed by atoms with Gasteiger partial charge < -0.3 is 5.32 Å². The van der Waals surface area contributed by atoms with Crippen LogP contribution < -0.4 is 5.32 Å². The van der Waals surface area contributed by atoms with E-state index in [-0.39, 0.29) is 0 Å². The van der Waals surface area contributed by atoms with Gasteiger partial charge in [0.1, 0.15) is 0 Å². The molecule has 0 heterocycles. The molecule has 0 aliphatic rings. The number of likely N-dealkylation sites (N-methyl/N-ethyl adjacent to an activating group) is 2. The highest BCUT2D eigenvalue weighted by molar-refractivity contribution is 7.98. The summed E-state index contributed by atoms with van der Waals surface area (Å²) < 4.78 is 0. The average molecular weight is 204 g/mol. The fourth-order valence-electron chi connectivity index (χ4n) is 1.29. The van der Waals surface area contributed by atoms with E-state index in [4.69, 9.17) is 0 Å². The second-order valence-corrected chi connectivity index (χ2v) is 4.54. The Morgan fingerprint density at radius 2 is 1.92 bits per heavy atom. The Kier molecular flexibility index (Phi) is 7.81. The van der Waals surface area contributed by atoms with Gasteiger partial charge in [-0.3, -0.25) is 4.90 Å². The van der Waals surface area contributed by atoms with Gasteiger partial charge in [0.25, 0.3) is 0 Å². The summed E-state index contributed by atoms with van der Waals surface area (Å²) in [7, 11) is 2.21. The van der Waals surface area contributed by atoms with Crippen molar-refractivity contribution < 1.29 is 0 Å².